The number of esters is 1. The van der Waals surface area contributed by atoms with E-state index in [1.165, 1.54) is 19.2 Å². The summed E-state index contributed by atoms with van der Waals surface area (Å²) in [6.07, 6.45) is -0.155. The zero-order chi connectivity index (χ0) is 19.4. The molecular formula is C20H20F2N2O3. The average molecular weight is 374 g/mol. The Kier molecular flexibility index (Phi) is 5.69. The summed E-state index contributed by atoms with van der Waals surface area (Å²) >= 11 is 0. The van der Waals surface area contributed by atoms with Crippen LogP contribution in [0.15, 0.2) is 42.5 Å². The minimum absolute atomic E-state index is 0.0702. The summed E-state index contributed by atoms with van der Waals surface area (Å²) < 4.78 is 31.7. The first-order valence-electron chi connectivity index (χ1n) is 8.63. The molecule has 0 aliphatic carbocycles. The van der Waals surface area contributed by atoms with Crippen molar-refractivity contribution in [2.75, 3.05) is 38.2 Å². The molecule has 3 rings (SSSR count). The van der Waals surface area contributed by atoms with Crippen LogP contribution in [-0.2, 0) is 16.0 Å². The lowest BCUT2D eigenvalue weighted by molar-refractivity contribution is -0.130. The van der Waals surface area contributed by atoms with Gasteiger partial charge in [-0.2, -0.15) is 0 Å². The molecule has 142 valence electrons. The summed E-state index contributed by atoms with van der Waals surface area (Å²) in [5, 5.41) is 0. The van der Waals surface area contributed by atoms with Gasteiger partial charge in [-0.05, 0) is 30.3 Å². The first-order chi connectivity index (χ1) is 13.0. The SMILES string of the molecule is COC(=O)c1ccc(N2CCN(C(=O)Cc3cccc(F)c3F)CC2)cc1. The van der Waals surface area contributed by atoms with Crippen LogP contribution in [0.25, 0.3) is 0 Å². The molecule has 0 N–H and O–H groups in total. The van der Waals surface area contributed by atoms with E-state index in [1.54, 1.807) is 17.0 Å². The van der Waals surface area contributed by atoms with E-state index in [9.17, 15) is 18.4 Å². The number of ether oxygens (including phenoxy) is 1. The predicted octanol–water partition coefficient (Wildman–Crippen LogP) is 2.64. The summed E-state index contributed by atoms with van der Waals surface area (Å²) in [6, 6.07) is 10.9. The van der Waals surface area contributed by atoms with E-state index in [0.29, 0.717) is 31.7 Å². The second-order valence-corrected chi connectivity index (χ2v) is 6.30. The van der Waals surface area contributed by atoms with E-state index in [2.05, 4.69) is 9.64 Å². The number of anilines is 1. The van der Waals surface area contributed by atoms with E-state index in [4.69, 9.17) is 0 Å². The highest BCUT2D eigenvalue weighted by atomic mass is 19.2. The minimum atomic E-state index is -0.963. The Morgan fingerprint density at radius 1 is 1.00 bits per heavy atom. The molecule has 1 saturated heterocycles. The largest absolute Gasteiger partial charge is 0.465 e. The number of methoxy groups -OCH3 is 1. The fourth-order valence-electron chi connectivity index (χ4n) is 3.10. The third kappa shape index (κ3) is 4.24. The van der Waals surface area contributed by atoms with Crippen LogP contribution in [0.2, 0.25) is 0 Å². The van der Waals surface area contributed by atoms with Gasteiger partial charge in [0.2, 0.25) is 5.91 Å². The Labute approximate surface area is 156 Å². The van der Waals surface area contributed by atoms with Gasteiger partial charge in [0.15, 0.2) is 11.6 Å². The van der Waals surface area contributed by atoms with Crippen molar-refractivity contribution in [3.05, 3.63) is 65.2 Å². The number of nitrogens with zero attached hydrogens (tertiary/aromatic N) is 2. The summed E-state index contributed by atoms with van der Waals surface area (Å²) in [6.45, 7) is 2.23. The highest BCUT2D eigenvalue weighted by molar-refractivity contribution is 5.89. The van der Waals surface area contributed by atoms with Gasteiger partial charge in [-0.3, -0.25) is 4.79 Å². The molecule has 1 aliphatic heterocycles. The van der Waals surface area contributed by atoms with E-state index in [0.717, 1.165) is 11.8 Å². The van der Waals surface area contributed by atoms with E-state index in [1.807, 2.05) is 12.1 Å². The first kappa shape index (κ1) is 18.8. The lowest BCUT2D eigenvalue weighted by Crippen LogP contribution is -2.49. The molecule has 2 aromatic carbocycles. The van der Waals surface area contributed by atoms with Crippen molar-refractivity contribution in [3.63, 3.8) is 0 Å². The molecule has 1 amide bonds. The Morgan fingerprint density at radius 2 is 1.67 bits per heavy atom. The number of carbonyl (C=O) groups excluding carboxylic acids is 2. The number of rotatable bonds is 4. The molecule has 0 saturated carbocycles. The molecule has 0 spiro atoms. The van der Waals surface area contributed by atoms with Crippen LogP contribution in [0.4, 0.5) is 14.5 Å². The molecule has 1 aliphatic rings. The number of benzene rings is 2. The average Bonchev–Trinajstić information content (AvgIpc) is 2.71. The third-order valence-electron chi connectivity index (χ3n) is 4.66. The monoisotopic (exact) mass is 374 g/mol. The molecule has 0 aromatic heterocycles. The summed E-state index contributed by atoms with van der Waals surface area (Å²) in [7, 11) is 1.34. The van der Waals surface area contributed by atoms with Crippen molar-refractivity contribution < 1.29 is 23.1 Å². The molecule has 0 unspecified atom stereocenters. The number of hydrogen-bond acceptors (Lipinski definition) is 4. The Morgan fingerprint density at radius 3 is 2.30 bits per heavy atom. The maximum Gasteiger partial charge on any atom is 0.337 e. The van der Waals surface area contributed by atoms with Gasteiger partial charge in [-0.15, -0.1) is 0 Å². The first-order valence-corrected chi connectivity index (χ1v) is 8.63. The Balaban J connectivity index is 1.57. The summed E-state index contributed by atoms with van der Waals surface area (Å²) in [5.41, 5.74) is 1.50. The van der Waals surface area contributed by atoms with Gasteiger partial charge >= 0.3 is 5.97 Å². The van der Waals surface area contributed by atoms with Gasteiger partial charge < -0.3 is 14.5 Å². The van der Waals surface area contributed by atoms with Gasteiger partial charge in [0.05, 0.1) is 19.1 Å². The van der Waals surface area contributed by atoms with Crippen molar-refractivity contribution in [3.8, 4) is 0 Å². The van der Waals surface area contributed by atoms with Gasteiger partial charge in [-0.1, -0.05) is 12.1 Å². The second-order valence-electron chi connectivity index (χ2n) is 6.30. The summed E-state index contributed by atoms with van der Waals surface area (Å²) in [4.78, 5) is 27.6. The molecule has 7 heteroatoms. The molecular weight excluding hydrogens is 354 g/mol. The smallest absolute Gasteiger partial charge is 0.337 e. The molecule has 1 heterocycles. The van der Waals surface area contributed by atoms with Gasteiger partial charge in [0, 0.05) is 37.4 Å². The number of carbonyl (C=O) groups is 2. The molecule has 1 fully saturated rings. The Bertz CT molecular complexity index is 832. The van der Waals surface area contributed by atoms with E-state index in [-0.39, 0.29) is 23.9 Å². The zero-order valence-corrected chi connectivity index (χ0v) is 15.0. The molecule has 0 radical (unpaired) electrons. The summed E-state index contributed by atoms with van der Waals surface area (Å²) in [5.74, 6) is -2.52. The topological polar surface area (TPSA) is 49.9 Å². The number of piperazine rings is 1. The zero-order valence-electron chi connectivity index (χ0n) is 15.0. The van der Waals surface area contributed by atoms with Crippen LogP contribution in [0, 0.1) is 11.6 Å². The normalized spacial score (nSPS) is 14.2. The molecule has 27 heavy (non-hydrogen) atoms. The standard InChI is InChI=1S/C20H20F2N2O3/c1-27-20(26)14-5-7-16(8-6-14)23-9-11-24(12-10-23)18(25)13-15-3-2-4-17(21)19(15)22/h2-8H,9-13H2,1H3. The van der Waals surface area contributed by atoms with Gasteiger partial charge in [-0.25, -0.2) is 13.6 Å². The highest BCUT2D eigenvalue weighted by Crippen LogP contribution is 2.19. The van der Waals surface area contributed by atoms with Crippen LogP contribution in [0.5, 0.6) is 0 Å². The van der Waals surface area contributed by atoms with Crippen molar-refractivity contribution in [2.24, 2.45) is 0 Å². The molecule has 2 aromatic rings. The maximum absolute atomic E-state index is 13.7. The quantitative estimate of drug-likeness (QED) is 0.772. The Hall–Kier alpha value is -2.96. The van der Waals surface area contributed by atoms with E-state index < -0.39 is 11.6 Å². The van der Waals surface area contributed by atoms with Crippen molar-refractivity contribution >= 4 is 17.6 Å². The van der Waals surface area contributed by atoms with Crippen LogP contribution >= 0.6 is 0 Å². The van der Waals surface area contributed by atoms with Crippen LogP contribution in [-0.4, -0.2) is 50.1 Å². The second kappa shape index (κ2) is 8.16. The predicted molar refractivity (Wildman–Crippen MR) is 96.6 cm³/mol. The fraction of sp³-hybridized carbons (Fsp3) is 0.300. The lowest BCUT2D eigenvalue weighted by atomic mass is 10.1. The van der Waals surface area contributed by atoms with Crippen molar-refractivity contribution in [2.45, 2.75) is 6.42 Å². The molecule has 0 bridgehead atoms. The highest BCUT2D eigenvalue weighted by Gasteiger charge is 2.23. The minimum Gasteiger partial charge on any atom is -0.465 e. The maximum atomic E-state index is 13.7. The number of halogens is 2. The van der Waals surface area contributed by atoms with Gasteiger partial charge in [0.25, 0.3) is 0 Å². The van der Waals surface area contributed by atoms with Crippen molar-refractivity contribution in [1.82, 2.24) is 4.90 Å². The van der Waals surface area contributed by atoms with Crippen LogP contribution in [0.1, 0.15) is 15.9 Å². The van der Waals surface area contributed by atoms with Crippen LogP contribution < -0.4 is 4.90 Å². The fourth-order valence-corrected chi connectivity index (χ4v) is 3.10. The van der Waals surface area contributed by atoms with Crippen LogP contribution in [0.3, 0.4) is 0 Å². The lowest BCUT2D eigenvalue weighted by Gasteiger charge is -2.36. The van der Waals surface area contributed by atoms with Crippen molar-refractivity contribution in [1.29, 1.82) is 0 Å². The van der Waals surface area contributed by atoms with E-state index >= 15 is 0 Å². The molecule has 5 nitrogen and oxygen atoms in total. The molecule has 0 atom stereocenters. The number of hydrogen-bond donors (Lipinski definition) is 0. The van der Waals surface area contributed by atoms with Gasteiger partial charge in [0.1, 0.15) is 0 Å². The third-order valence-corrected chi connectivity index (χ3v) is 4.66. The number of amides is 1.